The van der Waals surface area contributed by atoms with Crippen molar-refractivity contribution in [2.75, 3.05) is 26.3 Å². The first-order valence-corrected chi connectivity index (χ1v) is 8.31. The maximum absolute atomic E-state index is 12.5. The van der Waals surface area contributed by atoms with Crippen LogP contribution in [0.15, 0.2) is 0 Å². The van der Waals surface area contributed by atoms with Crippen LogP contribution in [0, 0.1) is 11.8 Å². The Bertz CT molecular complexity index is 299. The summed E-state index contributed by atoms with van der Waals surface area (Å²) in [6, 6.07) is 0.526. The van der Waals surface area contributed by atoms with E-state index in [1.54, 1.807) is 0 Å². The van der Waals surface area contributed by atoms with Crippen molar-refractivity contribution in [2.45, 2.75) is 57.9 Å². The standard InChI is InChI=1S/C16H30N2O2/c1-2-13(7-9-17)3-6-16(19)18(15-4-5-15)11-14-8-10-20-12-14/h13-15H,2-12,17H2,1H3. The van der Waals surface area contributed by atoms with Gasteiger partial charge in [0.25, 0.3) is 0 Å². The number of carbonyl (C=O) groups is 1. The third-order valence-corrected chi connectivity index (χ3v) is 4.71. The van der Waals surface area contributed by atoms with Gasteiger partial charge in [0.15, 0.2) is 0 Å². The van der Waals surface area contributed by atoms with Crippen LogP contribution in [0.4, 0.5) is 0 Å². The molecule has 0 aromatic rings. The van der Waals surface area contributed by atoms with E-state index in [0.717, 1.165) is 52.0 Å². The van der Waals surface area contributed by atoms with Crippen molar-refractivity contribution in [3.05, 3.63) is 0 Å². The Morgan fingerprint density at radius 1 is 1.35 bits per heavy atom. The third-order valence-electron chi connectivity index (χ3n) is 4.71. The van der Waals surface area contributed by atoms with Gasteiger partial charge in [0, 0.05) is 31.5 Å². The first-order chi connectivity index (χ1) is 9.74. The van der Waals surface area contributed by atoms with Crippen LogP contribution in [0.5, 0.6) is 0 Å². The second-order valence-corrected chi connectivity index (χ2v) is 6.40. The lowest BCUT2D eigenvalue weighted by Gasteiger charge is -2.26. The molecule has 0 aromatic heterocycles. The van der Waals surface area contributed by atoms with Crippen LogP contribution in [0.2, 0.25) is 0 Å². The number of hydrogen-bond donors (Lipinski definition) is 1. The molecule has 20 heavy (non-hydrogen) atoms. The summed E-state index contributed by atoms with van der Waals surface area (Å²) in [5, 5.41) is 0. The summed E-state index contributed by atoms with van der Waals surface area (Å²) in [7, 11) is 0. The Hall–Kier alpha value is -0.610. The summed E-state index contributed by atoms with van der Waals surface area (Å²) >= 11 is 0. The van der Waals surface area contributed by atoms with Crippen LogP contribution in [0.25, 0.3) is 0 Å². The van der Waals surface area contributed by atoms with Crippen molar-refractivity contribution < 1.29 is 9.53 Å². The lowest BCUT2D eigenvalue weighted by atomic mass is 9.96. The second-order valence-electron chi connectivity index (χ2n) is 6.40. The Balaban J connectivity index is 1.77. The van der Waals surface area contributed by atoms with Gasteiger partial charge in [0.1, 0.15) is 0 Å². The van der Waals surface area contributed by atoms with Gasteiger partial charge in [-0.05, 0) is 44.6 Å². The minimum atomic E-state index is 0.356. The van der Waals surface area contributed by atoms with Crippen molar-refractivity contribution in [1.82, 2.24) is 4.90 Å². The number of hydrogen-bond acceptors (Lipinski definition) is 3. The SMILES string of the molecule is CCC(CCN)CCC(=O)N(CC1CCOC1)C1CC1. The summed E-state index contributed by atoms with van der Waals surface area (Å²) in [5.74, 6) is 1.53. The molecule has 1 saturated heterocycles. The molecule has 2 atom stereocenters. The van der Waals surface area contributed by atoms with Crippen LogP contribution in [-0.4, -0.2) is 43.2 Å². The molecular formula is C16H30N2O2. The zero-order valence-corrected chi connectivity index (χ0v) is 12.9. The summed E-state index contributed by atoms with van der Waals surface area (Å²) in [4.78, 5) is 14.6. The number of rotatable bonds is 9. The third kappa shape index (κ3) is 4.74. The molecule has 1 amide bonds. The minimum absolute atomic E-state index is 0.356. The number of nitrogens with zero attached hydrogens (tertiary/aromatic N) is 1. The Morgan fingerprint density at radius 3 is 2.70 bits per heavy atom. The van der Waals surface area contributed by atoms with Crippen LogP contribution < -0.4 is 5.73 Å². The van der Waals surface area contributed by atoms with E-state index in [1.807, 2.05) is 0 Å². The molecule has 2 fully saturated rings. The Kier molecular flexibility index (Phi) is 6.30. The molecule has 0 spiro atoms. The molecule has 1 heterocycles. The Morgan fingerprint density at radius 2 is 2.15 bits per heavy atom. The van der Waals surface area contributed by atoms with Gasteiger partial charge in [-0.25, -0.2) is 0 Å². The zero-order valence-electron chi connectivity index (χ0n) is 12.9. The van der Waals surface area contributed by atoms with Crippen molar-refractivity contribution in [2.24, 2.45) is 17.6 Å². The molecule has 1 aliphatic heterocycles. The van der Waals surface area contributed by atoms with Gasteiger partial charge < -0.3 is 15.4 Å². The normalized spacial score (nSPS) is 23.8. The van der Waals surface area contributed by atoms with Gasteiger partial charge in [-0.2, -0.15) is 0 Å². The number of amides is 1. The van der Waals surface area contributed by atoms with Crippen LogP contribution in [-0.2, 0) is 9.53 Å². The molecule has 0 bridgehead atoms. The first-order valence-electron chi connectivity index (χ1n) is 8.31. The molecule has 0 radical (unpaired) electrons. The van der Waals surface area contributed by atoms with Gasteiger partial charge in [0.2, 0.25) is 5.91 Å². The maximum atomic E-state index is 12.5. The second kappa shape index (κ2) is 7.99. The highest BCUT2D eigenvalue weighted by Crippen LogP contribution is 2.30. The summed E-state index contributed by atoms with van der Waals surface area (Å²) in [5.41, 5.74) is 5.63. The fourth-order valence-electron chi connectivity index (χ4n) is 3.11. The van der Waals surface area contributed by atoms with Gasteiger partial charge in [-0.1, -0.05) is 13.3 Å². The Labute approximate surface area is 123 Å². The maximum Gasteiger partial charge on any atom is 0.222 e. The fourth-order valence-corrected chi connectivity index (χ4v) is 3.11. The highest BCUT2D eigenvalue weighted by Gasteiger charge is 2.34. The molecule has 1 aliphatic carbocycles. The number of nitrogens with two attached hydrogens (primary N) is 1. The highest BCUT2D eigenvalue weighted by molar-refractivity contribution is 5.76. The van der Waals surface area contributed by atoms with Crippen molar-refractivity contribution in [3.8, 4) is 0 Å². The van der Waals surface area contributed by atoms with Gasteiger partial charge in [-0.3, -0.25) is 4.79 Å². The lowest BCUT2D eigenvalue weighted by Crippen LogP contribution is -2.37. The first kappa shape index (κ1) is 15.8. The predicted octanol–water partition coefficient (Wildman–Crippen LogP) is 2.17. The smallest absolute Gasteiger partial charge is 0.222 e. The van der Waals surface area contributed by atoms with Crippen molar-refractivity contribution >= 4 is 5.91 Å². The fraction of sp³-hybridized carbons (Fsp3) is 0.938. The summed E-state index contributed by atoms with van der Waals surface area (Å²) in [6.07, 6.45) is 7.37. The van der Waals surface area contributed by atoms with Crippen LogP contribution in [0.1, 0.15) is 51.9 Å². The molecule has 2 aliphatic rings. The molecular weight excluding hydrogens is 252 g/mol. The van der Waals surface area contributed by atoms with Gasteiger partial charge in [0.05, 0.1) is 6.61 Å². The average Bonchev–Trinajstić information content (AvgIpc) is 3.17. The van der Waals surface area contributed by atoms with Gasteiger partial charge in [-0.15, -0.1) is 0 Å². The van der Waals surface area contributed by atoms with Crippen LogP contribution in [0.3, 0.4) is 0 Å². The lowest BCUT2D eigenvalue weighted by molar-refractivity contribution is -0.132. The quantitative estimate of drug-likeness (QED) is 0.705. The topological polar surface area (TPSA) is 55.6 Å². The molecule has 4 nitrogen and oxygen atoms in total. The molecule has 0 aromatic carbocycles. The highest BCUT2D eigenvalue weighted by atomic mass is 16.5. The van der Waals surface area contributed by atoms with Gasteiger partial charge >= 0.3 is 0 Å². The molecule has 116 valence electrons. The van der Waals surface area contributed by atoms with E-state index < -0.39 is 0 Å². The van der Waals surface area contributed by atoms with E-state index in [4.69, 9.17) is 10.5 Å². The molecule has 1 saturated carbocycles. The van der Waals surface area contributed by atoms with E-state index in [-0.39, 0.29) is 0 Å². The molecule has 2 rings (SSSR count). The molecule has 2 unspecified atom stereocenters. The average molecular weight is 282 g/mol. The van der Waals surface area contributed by atoms with Crippen LogP contribution >= 0.6 is 0 Å². The predicted molar refractivity (Wildman–Crippen MR) is 80.3 cm³/mol. The number of ether oxygens (including phenoxy) is 1. The van der Waals surface area contributed by atoms with E-state index in [0.29, 0.717) is 30.2 Å². The van der Waals surface area contributed by atoms with Crippen molar-refractivity contribution in [1.29, 1.82) is 0 Å². The summed E-state index contributed by atoms with van der Waals surface area (Å²) in [6.45, 7) is 5.54. The molecule has 4 heteroatoms. The van der Waals surface area contributed by atoms with E-state index in [2.05, 4.69) is 11.8 Å². The van der Waals surface area contributed by atoms with Crippen molar-refractivity contribution in [3.63, 3.8) is 0 Å². The number of carbonyl (C=O) groups excluding carboxylic acids is 1. The summed E-state index contributed by atoms with van der Waals surface area (Å²) < 4.78 is 5.43. The molecule has 2 N–H and O–H groups in total. The monoisotopic (exact) mass is 282 g/mol. The van der Waals surface area contributed by atoms with E-state index >= 15 is 0 Å². The zero-order chi connectivity index (χ0) is 14.4. The van der Waals surface area contributed by atoms with E-state index in [1.165, 1.54) is 12.8 Å². The minimum Gasteiger partial charge on any atom is -0.381 e. The van der Waals surface area contributed by atoms with E-state index in [9.17, 15) is 4.79 Å². The largest absolute Gasteiger partial charge is 0.381 e.